The van der Waals surface area contributed by atoms with E-state index in [1.807, 2.05) is 23.5 Å². The summed E-state index contributed by atoms with van der Waals surface area (Å²) >= 11 is 14.1. The molecule has 114 valence electrons. The molecule has 6 heteroatoms. The summed E-state index contributed by atoms with van der Waals surface area (Å²) in [6.07, 6.45) is 0.00432. The van der Waals surface area contributed by atoms with Crippen molar-refractivity contribution in [1.82, 2.24) is 4.90 Å². The molecule has 0 fully saturated rings. The molecule has 1 atom stereocenters. The lowest BCUT2D eigenvalue weighted by molar-refractivity contribution is 0.131. The Labute approximate surface area is 145 Å². The van der Waals surface area contributed by atoms with Crippen LogP contribution in [-0.4, -0.2) is 18.5 Å². The highest BCUT2D eigenvalue weighted by atomic mass is 35.5. The topological polar surface area (TPSA) is 12.5 Å². The summed E-state index contributed by atoms with van der Waals surface area (Å²) in [5, 5.41) is 1.01. The highest BCUT2D eigenvalue weighted by Crippen LogP contribution is 2.38. The van der Waals surface area contributed by atoms with Gasteiger partial charge in [-0.15, -0.1) is 23.7 Å². The van der Waals surface area contributed by atoms with Crippen LogP contribution in [0.15, 0.2) is 24.3 Å². The molecular weight excluding hydrogens is 349 g/mol. The molecule has 0 amide bonds. The Balaban J connectivity index is 0.00000161. The Morgan fingerprint density at radius 2 is 2.10 bits per heavy atom. The van der Waals surface area contributed by atoms with E-state index in [0.29, 0.717) is 15.8 Å². The minimum atomic E-state index is 0. The maximum atomic E-state index is 6.21. The fourth-order valence-corrected chi connectivity index (χ4v) is 4.00. The van der Waals surface area contributed by atoms with Gasteiger partial charge < -0.3 is 4.74 Å². The minimum absolute atomic E-state index is 0. The molecule has 0 spiro atoms. The summed E-state index contributed by atoms with van der Waals surface area (Å²) in [6, 6.07) is 7.71. The molecule has 0 saturated heterocycles. The number of benzene rings is 1. The maximum Gasteiger partial charge on any atom is 0.140 e. The van der Waals surface area contributed by atoms with Crippen molar-refractivity contribution in [1.29, 1.82) is 0 Å². The summed E-state index contributed by atoms with van der Waals surface area (Å²) in [5.74, 6) is 0.647. The number of likely N-dealkylation sites (N-methyl/N-ethyl adjacent to an activating group) is 1. The monoisotopic (exact) mass is 363 g/mol. The zero-order chi connectivity index (χ0) is 14.3. The summed E-state index contributed by atoms with van der Waals surface area (Å²) in [6.45, 7) is 3.97. The van der Waals surface area contributed by atoms with Crippen molar-refractivity contribution in [3.05, 3.63) is 49.6 Å². The van der Waals surface area contributed by atoms with E-state index in [-0.39, 0.29) is 18.5 Å². The quantitative estimate of drug-likeness (QED) is 0.712. The van der Waals surface area contributed by atoms with Gasteiger partial charge in [0.05, 0.1) is 5.02 Å². The largest absolute Gasteiger partial charge is 0.483 e. The lowest BCUT2D eigenvalue weighted by Gasteiger charge is -2.30. The molecule has 0 N–H and O–H groups in total. The van der Waals surface area contributed by atoms with E-state index >= 15 is 0 Å². The van der Waals surface area contributed by atoms with E-state index < -0.39 is 0 Å². The number of nitrogens with zero attached hydrogens (tertiary/aromatic N) is 1. The zero-order valence-electron chi connectivity index (χ0n) is 11.7. The van der Waals surface area contributed by atoms with Crippen LogP contribution in [-0.2, 0) is 6.54 Å². The van der Waals surface area contributed by atoms with Gasteiger partial charge in [0.2, 0.25) is 0 Å². The molecule has 0 saturated carbocycles. The van der Waals surface area contributed by atoms with Crippen LogP contribution in [0, 0.1) is 6.92 Å². The van der Waals surface area contributed by atoms with Crippen molar-refractivity contribution in [2.24, 2.45) is 0 Å². The number of hydrogen-bond donors (Lipinski definition) is 0. The third kappa shape index (κ3) is 3.49. The molecule has 1 aliphatic heterocycles. The SMILES string of the molecule is Cc1cc2c(s1)CN(C)CC2Oc1cccc(Cl)c1Cl.Cl. The van der Waals surface area contributed by atoms with Crippen LogP contribution in [0.4, 0.5) is 0 Å². The van der Waals surface area contributed by atoms with Gasteiger partial charge in [0.15, 0.2) is 0 Å². The molecule has 0 aliphatic carbocycles. The smallest absolute Gasteiger partial charge is 0.140 e. The highest BCUT2D eigenvalue weighted by molar-refractivity contribution is 7.12. The first-order valence-electron chi connectivity index (χ1n) is 6.43. The average molecular weight is 365 g/mol. The molecule has 0 radical (unpaired) electrons. The second-order valence-electron chi connectivity index (χ2n) is 5.09. The fraction of sp³-hybridized carbons (Fsp3) is 0.333. The van der Waals surface area contributed by atoms with E-state index in [2.05, 4.69) is 24.9 Å². The van der Waals surface area contributed by atoms with Crippen LogP contribution in [0.1, 0.15) is 21.4 Å². The zero-order valence-corrected chi connectivity index (χ0v) is 14.9. The molecule has 0 bridgehead atoms. The lowest BCUT2D eigenvalue weighted by Crippen LogP contribution is -2.32. The summed E-state index contributed by atoms with van der Waals surface area (Å²) in [7, 11) is 2.11. The molecule has 2 nitrogen and oxygen atoms in total. The fourth-order valence-electron chi connectivity index (χ4n) is 2.50. The predicted octanol–water partition coefficient (Wildman–Crippen LogP) is 5.35. The molecule has 1 aromatic heterocycles. The number of ether oxygens (including phenoxy) is 1. The van der Waals surface area contributed by atoms with E-state index in [1.54, 1.807) is 6.07 Å². The Morgan fingerprint density at radius 1 is 1.33 bits per heavy atom. The molecule has 2 aromatic rings. The van der Waals surface area contributed by atoms with E-state index in [1.165, 1.54) is 15.3 Å². The van der Waals surface area contributed by atoms with Crippen molar-refractivity contribution >= 4 is 46.9 Å². The van der Waals surface area contributed by atoms with Gasteiger partial charge in [-0.05, 0) is 32.2 Å². The number of rotatable bonds is 2. The normalized spacial score (nSPS) is 18.0. The first-order chi connectivity index (χ1) is 9.54. The van der Waals surface area contributed by atoms with Crippen molar-refractivity contribution in [2.45, 2.75) is 19.6 Å². The first-order valence-corrected chi connectivity index (χ1v) is 8.00. The Hall–Kier alpha value is -0.450. The van der Waals surface area contributed by atoms with Crippen LogP contribution in [0.25, 0.3) is 0 Å². The molecule has 1 aromatic carbocycles. The Kier molecular flexibility index (Phi) is 5.44. The van der Waals surface area contributed by atoms with Crippen molar-refractivity contribution in [2.75, 3.05) is 13.6 Å². The predicted molar refractivity (Wildman–Crippen MR) is 92.5 cm³/mol. The summed E-state index contributed by atoms with van der Waals surface area (Å²) in [4.78, 5) is 4.96. The minimum Gasteiger partial charge on any atom is -0.483 e. The summed E-state index contributed by atoms with van der Waals surface area (Å²) < 4.78 is 6.13. The number of thiophene rings is 1. The molecule has 2 heterocycles. The second kappa shape index (κ2) is 6.76. The third-order valence-corrected chi connectivity index (χ3v) is 5.24. The maximum absolute atomic E-state index is 6.21. The molecule has 1 unspecified atom stereocenters. The molecule has 1 aliphatic rings. The third-order valence-electron chi connectivity index (χ3n) is 3.39. The van der Waals surface area contributed by atoms with Crippen molar-refractivity contribution in [3.63, 3.8) is 0 Å². The highest BCUT2D eigenvalue weighted by Gasteiger charge is 2.27. The summed E-state index contributed by atoms with van der Waals surface area (Å²) in [5.41, 5.74) is 1.28. The Bertz CT molecular complexity index is 644. The molecule has 3 rings (SSSR count). The van der Waals surface area contributed by atoms with Gasteiger partial charge in [-0.3, -0.25) is 4.90 Å². The number of aryl methyl sites for hydroxylation is 1. The van der Waals surface area contributed by atoms with Crippen molar-refractivity contribution in [3.8, 4) is 5.75 Å². The Morgan fingerprint density at radius 3 is 2.86 bits per heavy atom. The van der Waals surface area contributed by atoms with E-state index in [9.17, 15) is 0 Å². The van der Waals surface area contributed by atoms with Gasteiger partial charge >= 0.3 is 0 Å². The van der Waals surface area contributed by atoms with Gasteiger partial charge in [0.1, 0.15) is 16.9 Å². The van der Waals surface area contributed by atoms with Crippen molar-refractivity contribution < 1.29 is 4.74 Å². The second-order valence-corrected chi connectivity index (χ2v) is 7.22. The van der Waals surface area contributed by atoms with Crippen LogP contribution < -0.4 is 4.74 Å². The number of halogens is 3. The van der Waals surface area contributed by atoms with Crippen LogP contribution in [0.3, 0.4) is 0 Å². The van der Waals surface area contributed by atoms with Gasteiger partial charge in [-0.25, -0.2) is 0 Å². The van der Waals surface area contributed by atoms with Crippen LogP contribution in [0.5, 0.6) is 5.75 Å². The number of fused-ring (bicyclic) bond motifs is 1. The van der Waals surface area contributed by atoms with Crippen LogP contribution >= 0.6 is 46.9 Å². The van der Waals surface area contributed by atoms with Crippen LogP contribution in [0.2, 0.25) is 10.0 Å². The van der Waals surface area contributed by atoms with E-state index in [4.69, 9.17) is 27.9 Å². The van der Waals surface area contributed by atoms with Gasteiger partial charge in [-0.1, -0.05) is 29.3 Å². The molecular formula is C15H16Cl3NOS. The number of hydrogen-bond acceptors (Lipinski definition) is 3. The van der Waals surface area contributed by atoms with Gasteiger partial charge in [-0.2, -0.15) is 0 Å². The van der Waals surface area contributed by atoms with Gasteiger partial charge in [0, 0.05) is 28.4 Å². The molecule has 21 heavy (non-hydrogen) atoms. The average Bonchev–Trinajstić information content (AvgIpc) is 2.75. The lowest BCUT2D eigenvalue weighted by atomic mass is 10.1. The van der Waals surface area contributed by atoms with E-state index in [0.717, 1.165) is 13.1 Å². The first kappa shape index (κ1) is 16.9. The standard InChI is InChI=1S/C15H15Cl2NOS.ClH/c1-9-6-10-13(7-18(2)8-14(10)20-9)19-12-5-3-4-11(16)15(12)17;/h3-6,13H,7-8H2,1-2H3;1H. The van der Waals surface area contributed by atoms with Gasteiger partial charge in [0.25, 0.3) is 0 Å².